The maximum atomic E-state index is 11.8. The molecule has 1 rings (SSSR count). The van der Waals surface area contributed by atoms with E-state index in [0.717, 1.165) is 0 Å². The van der Waals surface area contributed by atoms with Crippen LogP contribution in [0.5, 0.6) is 0 Å². The smallest absolute Gasteiger partial charge is 0.316 e. The third-order valence-electron chi connectivity index (χ3n) is 3.93. The van der Waals surface area contributed by atoms with E-state index in [1.165, 1.54) is 38.5 Å². The number of rotatable bonds is 7. The number of aliphatic carboxylic acids is 1. The quantitative estimate of drug-likeness (QED) is 0.378. The van der Waals surface area contributed by atoms with Crippen molar-refractivity contribution >= 4 is 11.9 Å². The summed E-state index contributed by atoms with van der Waals surface area (Å²) in [7, 11) is 0. The van der Waals surface area contributed by atoms with Crippen LogP contribution in [0.25, 0.3) is 0 Å². The monoisotopic (exact) mass is 284 g/mol. The Morgan fingerprint density at radius 3 is 2.20 bits per heavy atom. The number of nitrogens with one attached hydrogen (secondary N) is 2. The van der Waals surface area contributed by atoms with Crippen LogP contribution in [0.3, 0.4) is 0 Å². The molecule has 5 nitrogen and oxygen atoms in total. The van der Waals surface area contributed by atoms with Crippen molar-refractivity contribution < 1.29 is 14.7 Å². The van der Waals surface area contributed by atoms with E-state index in [1.807, 2.05) is 0 Å². The van der Waals surface area contributed by atoms with Crippen LogP contribution in [0.4, 0.5) is 0 Å². The van der Waals surface area contributed by atoms with Crippen molar-refractivity contribution in [2.75, 3.05) is 13.1 Å². The van der Waals surface area contributed by atoms with E-state index in [-0.39, 0.29) is 11.8 Å². The Hall–Kier alpha value is -1.10. The standard InChI is InChI=1S/C15H28N2O3/c1-11(2)13(15(19)20)14(18)17-10-9-16-12-7-5-3-4-6-8-12/h11-13,16H,3-10H2,1-2H3,(H,17,18)(H,19,20). The Morgan fingerprint density at radius 2 is 1.70 bits per heavy atom. The number of carbonyl (C=O) groups is 2. The molecule has 1 amide bonds. The Labute approximate surface area is 121 Å². The van der Waals surface area contributed by atoms with E-state index >= 15 is 0 Å². The average molecular weight is 284 g/mol. The van der Waals surface area contributed by atoms with Gasteiger partial charge in [-0.25, -0.2) is 0 Å². The molecular weight excluding hydrogens is 256 g/mol. The molecule has 20 heavy (non-hydrogen) atoms. The summed E-state index contributed by atoms with van der Waals surface area (Å²) in [5.74, 6) is -2.57. The largest absolute Gasteiger partial charge is 0.481 e. The summed E-state index contributed by atoms with van der Waals surface area (Å²) in [6.45, 7) is 4.71. The molecule has 1 fully saturated rings. The molecule has 1 aliphatic rings. The minimum Gasteiger partial charge on any atom is -0.481 e. The van der Waals surface area contributed by atoms with Gasteiger partial charge in [0.1, 0.15) is 5.92 Å². The van der Waals surface area contributed by atoms with Crippen LogP contribution >= 0.6 is 0 Å². The van der Waals surface area contributed by atoms with Gasteiger partial charge in [-0.05, 0) is 18.8 Å². The first-order valence-electron chi connectivity index (χ1n) is 7.76. The lowest BCUT2D eigenvalue weighted by molar-refractivity contribution is -0.148. The highest BCUT2D eigenvalue weighted by Gasteiger charge is 2.29. The zero-order valence-corrected chi connectivity index (χ0v) is 12.7. The highest BCUT2D eigenvalue weighted by atomic mass is 16.4. The summed E-state index contributed by atoms with van der Waals surface area (Å²) in [6.07, 6.45) is 7.61. The van der Waals surface area contributed by atoms with Crippen molar-refractivity contribution in [1.29, 1.82) is 0 Å². The molecule has 5 heteroatoms. The molecule has 0 aromatic carbocycles. The van der Waals surface area contributed by atoms with Crippen LogP contribution in [-0.2, 0) is 9.59 Å². The van der Waals surface area contributed by atoms with Gasteiger partial charge < -0.3 is 15.7 Å². The maximum Gasteiger partial charge on any atom is 0.316 e. The Morgan fingerprint density at radius 1 is 1.10 bits per heavy atom. The first-order chi connectivity index (χ1) is 9.52. The minimum absolute atomic E-state index is 0.192. The molecule has 0 aromatic rings. The van der Waals surface area contributed by atoms with Crippen LogP contribution < -0.4 is 10.6 Å². The number of carboxylic acid groups (broad SMARTS) is 1. The molecular formula is C15H28N2O3. The summed E-state index contributed by atoms with van der Waals surface area (Å²) in [6, 6.07) is 0.551. The summed E-state index contributed by atoms with van der Waals surface area (Å²) in [5, 5.41) is 15.2. The van der Waals surface area contributed by atoms with Crippen LogP contribution in [0.1, 0.15) is 52.4 Å². The molecule has 1 aliphatic carbocycles. The Balaban J connectivity index is 2.22. The molecule has 0 aromatic heterocycles. The number of hydrogen-bond donors (Lipinski definition) is 3. The van der Waals surface area contributed by atoms with Crippen molar-refractivity contribution in [3.63, 3.8) is 0 Å². The summed E-state index contributed by atoms with van der Waals surface area (Å²) >= 11 is 0. The molecule has 0 aliphatic heterocycles. The molecule has 116 valence electrons. The lowest BCUT2D eigenvalue weighted by Gasteiger charge is -2.18. The predicted octanol–water partition coefficient (Wildman–Crippen LogP) is 1.77. The average Bonchev–Trinajstić information content (AvgIpc) is 2.62. The first kappa shape index (κ1) is 17.0. The van der Waals surface area contributed by atoms with E-state index < -0.39 is 11.9 Å². The SMILES string of the molecule is CC(C)C(C(=O)O)C(=O)NCCNC1CCCCCC1. The zero-order chi connectivity index (χ0) is 15.0. The van der Waals surface area contributed by atoms with Crippen molar-refractivity contribution in [2.45, 2.75) is 58.4 Å². The molecule has 1 saturated carbocycles. The van der Waals surface area contributed by atoms with Gasteiger partial charge in [0.25, 0.3) is 0 Å². The second kappa shape index (κ2) is 8.95. The van der Waals surface area contributed by atoms with E-state index in [1.54, 1.807) is 13.8 Å². The van der Waals surface area contributed by atoms with Crippen molar-refractivity contribution in [2.24, 2.45) is 11.8 Å². The zero-order valence-electron chi connectivity index (χ0n) is 12.7. The second-order valence-electron chi connectivity index (χ2n) is 5.99. The normalized spacial score (nSPS) is 18.6. The number of carboxylic acids is 1. The number of carbonyl (C=O) groups excluding carboxylic acids is 1. The fourth-order valence-electron chi connectivity index (χ4n) is 2.76. The Bertz CT molecular complexity index is 310. The third-order valence-corrected chi connectivity index (χ3v) is 3.93. The van der Waals surface area contributed by atoms with Crippen LogP contribution in [-0.4, -0.2) is 36.1 Å². The Kier molecular flexibility index (Phi) is 7.59. The number of amides is 1. The van der Waals surface area contributed by atoms with Crippen molar-refractivity contribution in [3.05, 3.63) is 0 Å². The molecule has 0 radical (unpaired) electrons. The minimum atomic E-state index is -1.05. The highest BCUT2D eigenvalue weighted by molar-refractivity contribution is 5.97. The summed E-state index contributed by atoms with van der Waals surface area (Å²) in [5.41, 5.74) is 0. The first-order valence-corrected chi connectivity index (χ1v) is 7.76. The molecule has 0 spiro atoms. The molecule has 1 atom stereocenters. The van der Waals surface area contributed by atoms with Crippen molar-refractivity contribution in [3.8, 4) is 0 Å². The molecule has 3 N–H and O–H groups in total. The summed E-state index contributed by atoms with van der Waals surface area (Å²) in [4.78, 5) is 22.8. The van der Waals surface area contributed by atoms with Gasteiger partial charge in [-0.15, -0.1) is 0 Å². The van der Waals surface area contributed by atoms with E-state index in [9.17, 15) is 9.59 Å². The van der Waals surface area contributed by atoms with E-state index in [2.05, 4.69) is 10.6 Å². The summed E-state index contributed by atoms with van der Waals surface area (Å²) < 4.78 is 0. The van der Waals surface area contributed by atoms with Crippen LogP contribution in [0.2, 0.25) is 0 Å². The number of hydrogen-bond acceptors (Lipinski definition) is 3. The highest BCUT2D eigenvalue weighted by Crippen LogP contribution is 2.16. The molecule has 0 saturated heterocycles. The fraction of sp³-hybridized carbons (Fsp3) is 0.867. The van der Waals surface area contributed by atoms with E-state index in [4.69, 9.17) is 5.11 Å². The lowest BCUT2D eigenvalue weighted by Crippen LogP contribution is -2.42. The predicted molar refractivity (Wildman–Crippen MR) is 78.5 cm³/mol. The van der Waals surface area contributed by atoms with Gasteiger partial charge in [-0.1, -0.05) is 39.5 Å². The van der Waals surface area contributed by atoms with E-state index in [0.29, 0.717) is 19.1 Å². The second-order valence-corrected chi connectivity index (χ2v) is 5.99. The topological polar surface area (TPSA) is 78.4 Å². The van der Waals surface area contributed by atoms with Crippen LogP contribution in [0.15, 0.2) is 0 Å². The van der Waals surface area contributed by atoms with Gasteiger partial charge in [0.15, 0.2) is 0 Å². The van der Waals surface area contributed by atoms with Gasteiger partial charge in [0.2, 0.25) is 5.91 Å². The van der Waals surface area contributed by atoms with Gasteiger partial charge in [-0.2, -0.15) is 0 Å². The molecule has 0 bridgehead atoms. The van der Waals surface area contributed by atoms with Crippen LogP contribution in [0, 0.1) is 11.8 Å². The fourth-order valence-corrected chi connectivity index (χ4v) is 2.76. The molecule has 0 heterocycles. The van der Waals surface area contributed by atoms with Gasteiger partial charge in [-0.3, -0.25) is 9.59 Å². The van der Waals surface area contributed by atoms with Gasteiger partial charge in [0, 0.05) is 19.1 Å². The third kappa shape index (κ3) is 5.90. The maximum absolute atomic E-state index is 11.8. The van der Waals surface area contributed by atoms with Gasteiger partial charge in [0.05, 0.1) is 0 Å². The molecule has 1 unspecified atom stereocenters. The van der Waals surface area contributed by atoms with Crippen molar-refractivity contribution in [1.82, 2.24) is 10.6 Å². The lowest BCUT2D eigenvalue weighted by atomic mass is 9.95. The van der Waals surface area contributed by atoms with Gasteiger partial charge >= 0.3 is 5.97 Å².